The van der Waals surface area contributed by atoms with Gasteiger partial charge in [-0.2, -0.15) is 0 Å². The molecule has 0 radical (unpaired) electrons. The molecule has 7 atom stereocenters. The quantitative estimate of drug-likeness (QED) is 0.171. The number of piperidine rings is 2. The summed E-state index contributed by atoms with van der Waals surface area (Å²) in [6.45, 7) is 0. The summed E-state index contributed by atoms with van der Waals surface area (Å²) in [7, 11) is 0. The average Bonchev–Trinajstić information content (AvgIpc) is 4.04. The fourth-order valence-electron chi connectivity index (χ4n) is 9.62. The number of nitrogens with zero attached hydrogens (tertiary/aromatic N) is 5. The van der Waals surface area contributed by atoms with Crippen LogP contribution in [0.4, 0.5) is 11.4 Å². The van der Waals surface area contributed by atoms with E-state index in [1.54, 1.807) is 22.2 Å². The Bertz CT molecular complexity index is 2720. The molecule has 4 fully saturated rings. The number of aromatic nitrogens is 2. The monoisotopic (exact) mass is 781 g/mol. The number of hydrogen-bond donors (Lipinski definition) is 2. The summed E-state index contributed by atoms with van der Waals surface area (Å²) in [5.74, 6) is 0.651. The van der Waals surface area contributed by atoms with Gasteiger partial charge in [-0.1, -0.05) is 48.5 Å². The Labute approximate surface area is 339 Å². The highest BCUT2D eigenvalue weighted by Crippen LogP contribution is 2.51. The number of anilines is 2. The first-order chi connectivity index (χ1) is 28.8. The van der Waals surface area contributed by atoms with E-state index in [0.717, 1.165) is 51.6 Å². The van der Waals surface area contributed by atoms with Gasteiger partial charge in [-0.25, -0.2) is 4.98 Å². The summed E-state index contributed by atoms with van der Waals surface area (Å²) in [5.41, 5.74) is 10.9. The van der Waals surface area contributed by atoms with Crippen LogP contribution in [0.2, 0.25) is 0 Å². The molecule has 12 heteroatoms. The number of carbonyl (C=O) groups is 4. The maximum absolute atomic E-state index is 14.4. The predicted molar refractivity (Wildman–Crippen MR) is 221 cm³/mol. The molecule has 0 bridgehead atoms. The average molecular weight is 782 g/mol. The molecule has 292 valence electrons. The van der Waals surface area contributed by atoms with E-state index in [-0.39, 0.29) is 29.8 Å². The van der Waals surface area contributed by atoms with Crippen LogP contribution >= 0.6 is 0 Å². The van der Waals surface area contributed by atoms with Crippen LogP contribution in [0.15, 0.2) is 126 Å². The third-order valence-electron chi connectivity index (χ3n) is 12.8. The van der Waals surface area contributed by atoms with E-state index >= 15 is 0 Å². The molecular weight excluding hydrogens is 743 g/mol. The molecule has 2 aliphatic carbocycles. The maximum Gasteiger partial charge on any atom is 0.274 e. The molecule has 5 aliphatic rings. The zero-order valence-electron chi connectivity index (χ0n) is 31.8. The van der Waals surface area contributed by atoms with Gasteiger partial charge in [0.15, 0.2) is 5.76 Å². The third-order valence-corrected chi connectivity index (χ3v) is 12.8. The van der Waals surface area contributed by atoms with Crippen molar-refractivity contribution < 1.29 is 23.6 Å². The highest BCUT2D eigenvalue weighted by molar-refractivity contribution is 6.08. The van der Waals surface area contributed by atoms with Gasteiger partial charge in [-0.05, 0) is 115 Å². The van der Waals surface area contributed by atoms with Crippen LogP contribution in [-0.2, 0) is 14.4 Å². The Hall–Kier alpha value is -7.08. The minimum Gasteiger partial charge on any atom is -0.436 e. The van der Waals surface area contributed by atoms with Crippen molar-refractivity contribution in [3.63, 3.8) is 0 Å². The summed E-state index contributed by atoms with van der Waals surface area (Å²) < 4.78 is 6.22. The lowest BCUT2D eigenvalue weighted by molar-refractivity contribution is -0.139. The number of benzene rings is 4. The van der Waals surface area contributed by atoms with Crippen molar-refractivity contribution in [1.29, 1.82) is 0 Å². The van der Waals surface area contributed by atoms with Gasteiger partial charge >= 0.3 is 0 Å². The summed E-state index contributed by atoms with van der Waals surface area (Å²) in [5, 5.41) is 4.75. The zero-order chi connectivity index (χ0) is 39.9. The largest absolute Gasteiger partial charge is 0.436 e. The Morgan fingerprint density at radius 2 is 1.44 bits per heavy atom. The van der Waals surface area contributed by atoms with Crippen molar-refractivity contribution in [2.75, 3.05) is 10.2 Å². The zero-order valence-corrected chi connectivity index (χ0v) is 31.8. The Morgan fingerprint density at radius 1 is 0.729 bits per heavy atom. The van der Waals surface area contributed by atoms with Crippen molar-refractivity contribution in [3.05, 3.63) is 139 Å². The number of fused-ring (bicyclic) bond motifs is 4. The van der Waals surface area contributed by atoms with E-state index in [4.69, 9.17) is 10.2 Å². The SMILES string of the molecule is NC(=O)[C@@H]1C[C@@H]2C[C@@H]2N1C(=O)C1c2ccccc2C=CN1c1ccc(-c2ncc(-c3ccc(NC(=O)[C@@H]4C[C@@H]5C[C@@H]5N4C(=O)c4nccc5ccccc45)cc3)o2)cc1. The number of likely N-dealkylation sites (tertiary alicyclic amines) is 2. The van der Waals surface area contributed by atoms with Crippen LogP contribution in [0.3, 0.4) is 0 Å². The molecular formula is C47H39N7O5. The molecule has 2 saturated carbocycles. The number of primary amides is 1. The van der Waals surface area contributed by atoms with Gasteiger partial charge in [0.1, 0.15) is 23.8 Å². The lowest BCUT2D eigenvalue weighted by Gasteiger charge is -2.38. The number of oxazole rings is 1. The second-order valence-electron chi connectivity index (χ2n) is 16.3. The van der Waals surface area contributed by atoms with E-state index in [9.17, 15) is 19.2 Å². The summed E-state index contributed by atoms with van der Waals surface area (Å²) in [4.78, 5) is 68.7. The Balaban J connectivity index is 0.783. The Morgan fingerprint density at radius 3 is 2.24 bits per heavy atom. The van der Waals surface area contributed by atoms with E-state index in [1.165, 1.54) is 0 Å². The van der Waals surface area contributed by atoms with Crippen molar-refractivity contribution in [3.8, 4) is 22.8 Å². The van der Waals surface area contributed by atoms with Crippen LogP contribution in [0.5, 0.6) is 0 Å². The highest BCUT2D eigenvalue weighted by atomic mass is 16.4. The number of nitrogens with two attached hydrogens (primary N) is 1. The van der Waals surface area contributed by atoms with Crippen molar-refractivity contribution in [1.82, 2.24) is 19.8 Å². The van der Waals surface area contributed by atoms with Crippen LogP contribution in [0.1, 0.15) is 53.3 Å². The van der Waals surface area contributed by atoms with E-state index in [2.05, 4.69) is 15.3 Å². The van der Waals surface area contributed by atoms with Gasteiger partial charge in [0.05, 0.1) is 6.20 Å². The van der Waals surface area contributed by atoms with E-state index in [0.29, 0.717) is 47.7 Å². The lowest BCUT2D eigenvalue weighted by Crippen LogP contribution is -2.50. The normalized spacial score (nSPS) is 24.7. The third kappa shape index (κ3) is 5.97. The molecule has 11 rings (SSSR count). The fraction of sp³-hybridized carbons (Fsp3) is 0.234. The van der Waals surface area contributed by atoms with Crippen LogP contribution in [-0.4, -0.2) is 67.6 Å². The number of carbonyl (C=O) groups excluding carboxylic acids is 4. The first-order valence-electron chi connectivity index (χ1n) is 20.1. The van der Waals surface area contributed by atoms with Crippen molar-refractivity contribution in [2.45, 2.75) is 55.9 Å². The van der Waals surface area contributed by atoms with Gasteiger partial charge in [-0.3, -0.25) is 24.2 Å². The Kier molecular flexibility index (Phi) is 8.04. The standard InChI is InChI=1S/C47H39N7O5/c48-43(55)38-23-30-21-36(30)53(38)47(58)42-35-8-4-2-6-27(35)18-20-52(42)33-15-11-29(12-16-33)45-50-25-40(59-45)28-9-13-32(14-10-28)51-44(56)39-24-31-22-37(31)54(39)46(57)41-34-7-3-1-5-26(34)17-19-49-41/h1-20,25,30-31,36-39,42H,21-24H2,(H2,48,55)(H,51,56)/t30-,31-,36-,37-,38-,39-,42?/m0/s1. The highest BCUT2D eigenvalue weighted by Gasteiger charge is 2.58. The number of rotatable bonds is 8. The topological polar surface area (TPSA) is 155 Å². The molecule has 2 aromatic heterocycles. The first kappa shape index (κ1) is 35.1. The molecule has 1 unspecified atom stereocenters. The molecule has 6 aromatic rings. The smallest absolute Gasteiger partial charge is 0.274 e. The van der Waals surface area contributed by atoms with Crippen LogP contribution < -0.4 is 16.0 Å². The second-order valence-corrected chi connectivity index (χ2v) is 16.3. The summed E-state index contributed by atoms with van der Waals surface area (Å²) in [6.07, 6.45) is 10.3. The molecule has 3 aliphatic heterocycles. The lowest BCUT2D eigenvalue weighted by atomic mass is 9.94. The van der Waals surface area contributed by atoms with Crippen molar-refractivity contribution >= 4 is 51.9 Å². The molecule has 12 nitrogen and oxygen atoms in total. The minimum absolute atomic E-state index is 0.0568. The number of nitrogens with one attached hydrogen (secondary N) is 1. The summed E-state index contributed by atoms with van der Waals surface area (Å²) in [6, 6.07) is 30.8. The van der Waals surface area contributed by atoms with E-state index < -0.39 is 24.0 Å². The van der Waals surface area contributed by atoms with Crippen LogP contribution in [0, 0.1) is 11.8 Å². The first-order valence-corrected chi connectivity index (χ1v) is 20.1. The minimum atomic E-state index is -0.651. The molecule has 2 saturated heterocycles. The molecule has 59 heavy (non-hydrogen) atoms. The van der Waals surface area contributed by atoms with Crippen LogP contribution in [0.25, 0.3) is 39.6 Å². The van der Waals surface area contributed by atoms with E-state index in [1.807, 2.05) is 120 Å². The van der Waals surface area contributed by atoms with Gasteiger partial charge in [0.2, 0.25) is 17.7 Å². The van der Waals surface area contributed by atoms with Gasteiger partial charge < -0.3 is 30.2 Å². The molecule has 5 heterocycles. The molecule has 0 spiro atoms. The maximum atomic E-state index is 14.4. The molecule has 3 N–H and O–H groups in total. The second kappa shape index (κ2) is 13.5. The number of hydrogen-bond acceptors (Lipinski definition) is 8. The number of pyridine rings is 1. The van der Waals surface area contributed by atoms with Gasteiger partial charge in [0.25, 0.3) is 11.8 Å². The predicted octanol–water partition coefficient (Wildman–Crippen LogP) is 6.81. The molecule has 4 aromatic carbocycles. The van der Waals surface area contributed by atoms with Gasteiger partial charge in [-0.15, -0.1) is 0 Å². The van der Waals surface area contributed by atoms with Gasteiger partial charge in [0, 0.05) is 52.4 Å². The summed E-state index contributed by atoms with van der Waals surface area (Å²) >= 11 is 0. The van der Waals surface area contributed by atoms with Crippen molar-refractivity contribution in [2.24, 2.45) is 17.6 Å². The fourth-order valence-corrected chi connectivity index (χ4v) is 9.62. The molecule has 4 amide bonds. The number of amides is 4.